The summed E-state index contributed by atoms with van der Waals surface area (Å²) in [6, 6.07) is 7.36. The summed E-state index contributed by atoms with van der Waals surface area (Å²) in [5, 5.41) is 4.48. The number of aromatic nitrogens is 4. The fourth-order valence-corrected chi connectivity index (χ4v) is 6.75. The van der Waals surface area contributed by atoms with E-state index in [1.54, 1.807) is 27.9 Å². The molecule has 1 aliphatic heterocycles. The summed E-state index contributed by atoms with van der Waals surface area (Å²) in [5.74, 6) is -1.29. The van der Waals surface area contributed by atoms with E-state index in [1.807, 2.05) is 6.07 Å². The van der Waals surface area contributed by atoms with Crippen LogP contribution >= 0.6 is 11.3 Å². The monoisotopic (exact) mass is 644 g/mol. The lowest BCUT2D eigenvalue weighted by Gasteiger charge is -2.36. The summed E-state index contributed by atoms with van der Waals surface area (Å²) in [7, 11) is 0.393. The first-order valence-corrected chi connectivity index (χ1v) is 16.4. The van der Waals surface area contributed by atoms with Crippen molar-refractivity contribution in [2.75, 3.05) is 69.0 Å². The van der Waals surface area contributed by atoms with Gasteiger partial charge in [0.2, 0.25) is 5.95 Å². The lowest BCUT2D eigenvalue weighted by atomic mass is 10.1. The van der Waals surface area contributed by atoms with Crippen LogP contribution < -0.4 is 15.5 Å². The third-order valence-corrected chi connectivity index (χ3v) is 9.45. The van der Waals surface area contributed by atoms with Gasteiger partial charge in [-0.3, -0.25) is 23.3 Å². The van der Waals surface area contributed by atoms with Gasteiger partial charge < -0.3 is 20.0 Å². The molecule has 1 fully saturated rings. The van der Waals surface area contributed by atoms with Crippen LogP contribution in [-0.2, 0) is 17.3 Å². The van der Waals surface area contributed by atoms with Gasteiger partial charge in [0, 0.05) is 81.7 Å². The average molecular weight is 645 g/mol. The van der Waals surface area contributed by atoms with Crippen LogP contribution in [0.25, 0.3) is 27.3 Å². The maximum atomic E-state index is 14.9. The molecule has 44 heavy (non-hydrogen) atoms. The van der Waals surface area contributed by atoms with Crippen LogP contribution in [0.4, 0.5) is 20.4 Å². The Bertz CT molecular complexity index is 1930. The number of thiazole rings is 1. The normalized spacial score (nSPS) is 15.0. The van der Waals surface area contributed by atoms with Crippen LogP contribution in [0.5, 0.6) is 0 Å². The summed E-state index contributed by atoms with van der Waals surface area (Å²) < 4.78 is 50.1. The zero-order valence-corrected chi connectivity index (χ0v) is 25.7. The number of benzene rings is 1. The van der Waals surface area contributed by atoms with Gasteiger partial charge in [-0.05, 0) is 24.3 Å². The second-order valence-electron chi connectivity index (χ2n) is 10.6. The molecule has 1 amide bonds. The molecular weight excluding hydrogens is 614 g/mol. The van der Waals surface area contributed by atoms with E-state index < -0.39 is 28.3 Å². The number of carbonyl (C=O) groups excluding carboxylic acids is 1. The quantitative estimate of drug-likeness (QED) is 0.257. The second kappa shape index (κ2) is 12.1. The van der Waals surface area contributed by atoms with Crippen molar-refractivity contribution in [3.63, 3.8) is 0 Å². The summed E-state index contributed by atoms with van der Waals surface area (Å²) >= 11 is 1.08. The summed E-state index contributed by atoms with van der Waals surface area (Å²) in [6.07, 6.45) is 3.08. The van der Waals surface area contributed by atoms with Crippen LogP contribution in [0.3, 0.4) is 0 Å². The summed E-state index contributed by atoms with van der Waals surface area (Å²) in [4.78, 5) is 35.4. The van der Waals surface area contributed by atoms with E-state index in [-0.39, 0.29) is 34.4 Å². The van der Waals surface area contributed by atoms with Crippen molar-refractivity contribution >= 4 is 55.5 Å². The first-order chi connectivity index (χ1) is 21.1. The third-order valence-electron chi connectivity index (χ3n) is 7.70. The first-order valence-electron chi connectivity index (χ1n) is 13.8. The lowest BCUT2D eigenvalue weighted by Crippen LogP contribution is -2.47. The standard InChI is InChI=1S/C28H30F2N8O4S2/c1-34(11-13-44(2)41)26(39)17-14-21(19(30)15-18(17)29)36-8-5-35(6-9-36)7-10-37-25-24(43-28(37)40)22-16-20(23-4-3-12-42-23)33-38(22)27(31)32-25/h3-4,12,14-16H,5-11,13H2,1-2H3,(H2,31,32). The van der Waals surface area contributed by atoms with Gasteiger partial charge in [0.1, 0.15) is 22.0 Å². The Balaban J connectivity index is 1.14. The number of hydrogen-bond acceptors (Lipinski definition) is 10. The molecule has 5 aromatic rings. The Morgan fingerprint density at radius 3 is 2.64 bits per heavy atom. The van der Waals surface area contributed by atoms with Gasteiger partial charge in [0.15, 0.2) is 11.4 Å². The molecule has 1 unspecified atom stereocenters. The maximum absolute atomic E-state index is 14.9. The highest BCUT2D eigenvalue weighted by Gasteiger charge is 2.25. The fourth-order valence-electron chi connectivity index (χ4n) is 5.26. The molecule has 2 N–H and O–H groups in total. The number of amides is 1. The van der Waals surface area contributed by atoms with Crippen LogP contribution in [0.15, 0.2) is 45.8 Å². The van der Waals surface area contributed by atoms with Crippen molar-refractivity contribution in [2.24, 2.45) is 0 Å². The first kappa shape index (κ1) is 29.9. The van der Waals surface area contributed by atoms with Crippen LogP contribution in [0.2, 0.25) is 0 Å². The summed E-state index contributed by atoms with van der Waals surface area (Å²) in [6.45, 7) is 3.12. The Morgan fingerprint density at radius 2 is 1.93 bits per heavy atom. The van der Waals surface area contributed by atoms with Gasteiger partial charge in [-0.1, -0.05) is 11.3 Å². The molecule has 5 heterocycles. The van der Waals surface area contributed by atoms with Crippen LogP contribution in [0, 0.1) is 11.6 Å². The van der Waals surface area contributed by atoms with E-state index >= 15 is 0 Å². The smallest absolute Gasteiger partial charge is 0.309 e. The highest BCUT2D eigenvalue weighted by molar-refractivity contribution is 7.84. The predicted octanol–water partition coefficient (Wildman–Crippen LogP) is 2.50. The number of halogens is 2. The molecule has 0 radical (unpaired) electrons. The molecule has 16 heteroatoms. The molecule has 0 aliphatic carbocycles. The number of furan rings is 1. The number of anilines is 2. The molecule has 4 aromatic heterocycles. The number of fused-ring (bicyclic) bond motifs is 3. The van der Waals surface area contributed by atoms with E-state index in [0.717, 1.165) is 17.4 Å². The molecule has 1 atom stereocenters. The number of hydrogen-bond donors (Lipinski definition) is 1. The average Bonchev–Trinajstić information content (AvgIpc) is 3.74. The topological polar surface area (TPSA) is 135 Å². The van der Waals surface area contributed by atoms with Gasteiger partial charge >= 0.3 is 4.87 Å². The fraction of sp³-hybridized carbons (Fsp3) is 0.357. The second-order valence-corrected chi connectivity index (χ2v) is 13.1. The minimum absolute atomic E-state index is 0.149. The molecule has 1 saturated heterocycles. The molecule has 0 bridgehead atoms. The molecule has 0 saturated carbocycles. The van der Waals surface area contributed by atoms with E-state index in [2.05, 4.69) is 15.0 Å². The number of carbonyl (C=O) groups is 1. The Hall–Kier alpha value is -4.15. The highest BCUT2D eigenvalue weighted by atomic mass is 32.2. The molecule has 1 aromatic carbocycles. The van der Waals surface area contributed by atoms with Gasteiger partial charge in [0.05, 0.1) is 23.0 Å². The lowest BCUT2D eigenvalue weighted by molar-refractivity contribution is 0.0799. The summed E-state index contributed by atoms with van der Waals surface area (Å²) in [5.41, 5.74) is 7.86. The maximum Gasteiger partial charge on any atom is 0.309 e. The largest absolute Gasteiger partial charge is 0.463 e. The minimum Gasteiger partial charge on any atom is -0.463 e. The number of rotatable bonds is 9. The third kappa shape index (κ3) is 5.71. The van der Waals surface area contributed by atoms with Gasteiger partial charge in [-0.2, -0.15) is 14.6 Å². The molecular formula is C28H30F2N8O4S2. The van der Waals surface area contributed by atoms with Crippen LogP contribution in [0.1, 0.15) is 10.4 Å². The number of nitrogens with zero attached hydrogens (tertiary/aromatic N) is 7. The van der Waals surface area contributed by atoms with E-state index in [0.29, 0.717) is 66.6 Å². The highest BCUT2D eigenvalue weighted by Crippen LogP contribution is 2.29. The number of nitrogen functional groups attached to an aromatic ring is 1. The van der Waals surface area contributed by atoms with Crippen molar-refractivity contribution in [3.05, 3.63) is 63.5 Å². The Kier molecular flexibility index (Phi) is 8.22. The van der Waals surface area contributed by atoms with Crippen molar-refractivity contribution in [1.82, 2.24) is 29.0 Å². The van der Waals surface area contributed by atoms with Gasteiger partial charge in [-0.25, -0.2) is 8.78 Å². The molecule has 6 rings (SSSR count). The number of piperazine rings is 1. The number of nitrogens with two attached hydrogens (primary N) is 1. The van der Waals surface area contributed by atoms with E-state index in [4.69, 9.17) is 10.2 Å². The van der Waals surface area contributed by atoms with E-state index in [9.17, 15) is 22.6 Å². The van der Waals surface area contributed by atoms with Crippen LogP contribution in [-0.4, -0.2) is 97.4 Å². The SMILES string of the molecule is CN(CCS(C)=O)C(=O)c1cc(N2CCN(CCn3c(=O)sc4c3nc(N)n3nc(-c5ccco5)cc43)CC2)c(F)cc1F. The van der Waals surface area contributed by atoms with Crippen molar-refractivity contribution < 1.29 is 22.2 Å². The predicted molar refractivity (Wildman–Crippen MR) is 166 cm³/mol. The minimum atomic E-state index is -1.11. The molecule has 12 nitrogen and oxygen atoms in total. The van der Waals surface area contributed by atoms with Crippen molar-refractivity contribution in [3.8, 4) is 11.5 Å². The van der Waals surface area contributed by atoms with Gasteiger partial charge in [0.25, 0.3) is 5.91 Å². The van der Waals surface area contributed by atoms with Crippen molar-refractivity contribution in [1.29, 1.82) is 0 Å². The molecule has 0 spiro atoms. The molecule has 232 valence electrons. The van der Waals surface area contributed by atoms with Gasteiger partial charge in [-0.15, -0.1) is 0 Å². The van der Waals surface area contributed by atoms with Crippen molar-refractivity contribution in [2.45, 2.75) is 6.54 Å². The Morgan fingerprint density at radius 1 is 1.16 bits per heavy atom. The Labute approximate surface area is 256 Å². The zero-order valence-electron chi connectivity index (χ0n) is 24.0. The molecule has 1 aliphatic rings. The van der Waals surface area contributed by atoms with E-state index in [1.165, 1.54) is 28.8 Å². The zero-order chi connectivity index (χ0) is 31.1.